The molecule has 0 aliphatic rings. The van der Waals surface area contributed by atoms with Crippen LogP contribution >= 0.6 is 0 Å². The molecule has 1 heterocycles. The summed E-state index contributed by atoms with van der Waals surface area (Å²) in [5.41, 5.74) is 1.06. The van der Waals surface area contributed by atoms with Gasteiger partial charge in [0, 0.05) is 25.9 Å². The van der Waals surface area contributed by atoms with Crippen molar-refractivity contribution in [1.29, 1.82) is 0 Å². The Balaban J connectivity index is 2.15. The van der Waals surface area contributed by atoms with Gasteiger partial charge in [-0.05, 0) is 19.9 Å². The number of ether oxygens (including phenoxy) is 1. The lowest BCUT2D eigenvalue weighted by Crippen LogP contribution is -2.32. The van der Waals surface area contributed by atoms with E-state index in [1.807, 2.05) is 23.9 Å². The maximum atomic E-state index is 5.03. The number of hydrogen-bond donors (Lipinski definition) is 1. The van der Waals surface area contributed by atoms with Crippen LogP contribution in [-0.4, -0.2) is 36.1 Å². The Hall–Kier alpha value is -0.870. The van der Waals surface area contributed by atoms with E-state index in [1.54, 1.807) is 7.11 Å². The van der Waals surface area contributed by atoms with Gasteiger partial charge in [-0.25, -0.2) is 0 Å². The number of nitrogens with zero attached hydrogens (tertiary/aromatic N) is 2. The van der Waals surface area contributed by atoms with Crippen LogP contribution in [0.5, 0.6) is 0 Å². The third-order valence-corrected chi connectivity index (χ3v) is 2.02. The zero-order chi connectivity index (χ0) is 10.4. The maximum absolute atomic E-state index is 5.03. The highest BCUT2D eigenvalue weighted by atomic mass is 16.5. The molecule has 0 saturated carbocycles. The van der Waals surface area contributed by atoms with Crippen molar-refractivity contribution in [3.05, 3.63) is 18.0 Å². The molecule has 0 spiro atoms. The summed E-state index contributed by atoms with van der Waals surface area (Å²) < 4.78 is 6.97. The molecule has 0 fully saturated rings. The second-order valence-electron chi connectivity index (χ2n) is 3.53. The lowest BCUT2D eigenvalue weighted by molar-refractivity contribution is 0.171. The van der Waals surface area contributed by atoms with Crippen LogP contribution in [0, 0.1) is 6.92 Å². The first-order valence-electron chi connectivity index (χ1n) is 4.94. The first-order chi connectivity index (χ1) is 6.72. The van der Waals surface area contributed by atoms with Crippen molar-refractivity contribution in [3.63, 3.8) is 0 Å². The molecule has 0 radical (unpaired) electrons. The summed E-state index contributed by atoms with van der Waals surface area (Å²) in [4.78, 5) is 0. The lowest BCUT2D eigenvalue weighted by Gasteiger charge is -2.12. The highest BCUT2D eigenvalue weighted by Crippen LogP contribution is 1.91. The molecule has 1 atom stereocenters. The minimum Gasteiger partial charge on any atom is -0.383 e. The average molecular weight is 197 g/mol. The summed E-state index contributed by atoms with van der Waals surface area (Å²) >= 11 is 0. The minimum absolute atomic E-state index is 0.400. The van der Waals surface area contributed by atoms with E-state index in [0.29, 0.717) is 6.04 Å². The van der Waals surface area contributed by atoms with E-state index in [1.165, 1.54) is 0 Å². The minimum atomic E-state index is 0.400. The molecule has 4 heteroatoms. The predicted molar refractivity (Wildman–Crippen MR) is 56.3 cm³/mol. The van der Waals surface area contributed by atoms with Crippen LogP contribution < -0.4 is 5.32 Å². The van der Waals surface area contributed by atoms with Crippen LogP contribution in [0.1, 0.15) is 12.6 Å². The topological polar surface area (TPSA) is 39.1 Å². The number of aryl methyl sites for hydroxylation is 1. The number of aromatic nitrogens is 2. The van der Waals surface area contributed by atoms with E-state index < -0.39 is 0 Å². The number of hydrogen-bond acceptors (Lipinski definition) is 3. The third kappa shape index (κ3) is 3.89. The standard InChI is InChI=1S/C10H19N3O/c1-9-4-6-13(12-9)7-5-11-10(2)8-14-3/h4,6,10-11H,5,7-8H2,1-3H3. The first kappa shape index (κ1) is 11.2. The summed E-state index contributed by atoms with van der Waals surface area (Å²) in [5, 5.41) is 7.65. The molecule has 80 valence electrons. The molecule has 1 rings (SSSR count). The lowest BCUT2D eigenvalue weighted by atomic mass is 10.3. The summed E-state index contributed by atoms with van der Waals surface area (Å²) in [6.45, 7) is 6.68. The van der Waals surface area contributed by atoms with Gasteiger partial charge in [0.1, 0.15) is 0 Å². The fourth-order valence-electron chi connectivity index (χ4n) is 1.32. The van der Waals surface area contributed by atoms with Crippen molar-refractivity contribution in [2.24, 2.45) is 0 Å². The summed E-state index contributed by atoms with van der Waals surface area (Å²) in [5.74, 6) is 0. The molecule has 0 aromatic carbocycles. The molecule has 1 aromatic heterocycles. The van der Waals surface area contributed by atoms with Crippen LogP contribution in [0.3, 0.4) is 0 Å². The second-order valence-corrected chi connectivity index (χ2v) is 3.53. The summed E-state index contributed by atoms with van der Waals surface area (Å²) in [6.07, 6.45) is 2.00. The molecule has 0 aliphatic heterocycles. The van der Waals surface area contributed by atoms with Crippen molar-refractivity contribution in [1.82, 2.24) is 15.1 Å². The largest absolute Gasteiger partial charge is 0.383 e. The Morgan fingerprint density at radius 3 is 3.00 bits per heavy atom. The van der Waals surface area contributed by atoms with Crippen molar-refractivity contribution < 1.29 is 4.74 Å². The SMILES string of the molecule is COCC(C)NCCn1ccc(C)n1. The fourth-order valence-corrected chi connectivity index (χ4v) is 1.32. The zero-order valence-corrected chi connectivity index (χ0v) is 9.16. The smallest absolute Gasteiger partial charge is 0.0613 e. The molecule has 0 amide bonds. The Morgan fingerprint density at radius 2 is 2.43 bits per heavy atom. The predicted octanol–water partition coefficient (Wildman–Crippen LogP) is 0.816. The Bertz CT molecular complexity index is 260. The number of methoxy groups -OCH3 is 1. The quantitative estimate of drug-likeness (QED) is 0.733. The van der Waals surface area contributed by atoms with Gasteiger partial charge in [-0.3, -0.25) is 4.68 Å². The Kier molecular flexibility index (Phi) is 4.62. The number of rotatable bonds is 6. The van der Waals surface area contributed by atoms with Gasteiger partial charge in [0.05, 0.1) is 18.8 Å². The van der Waals surface area contributed by atoms with E-state index in [2.05, 4.69) is 17.3 Å². The molecule has 0 bridgehead atoms. The van der Waals surface area contributed by atoms with Gasteiger partial charge >= 0.3 is 0 Å². The molecular formula is C10H19N3O. The highest BCUT2D eigenvalue weighted by Gasteiger charge is 1.99. The van der Waals surface area contributed by atoms with Crippen molar-refractivity contribution in [3.8, 4) is 0 Å². The Labute approximate surface area is 85.3 Å². The van der Waals surface area contributed by atoms with Crippen LogP contribution in [0.4, 0.5) is 0 Å². The maximum Gasteiger partial charge on any atom is 0.0613 e. The number of nitrogens with one attached hydrogen (secondary N) is 1. The van der Waals surface area contributed by atoms with E-state index >= 15 is 0 Å². The van der Waals surface area contributed by atoms with Crippen LogP contribution in [0.2, 0.25) is 0 Å². The molecule has 0 aliphatic carbocycles. The van der Waals surface area contributed by atoms with Crippen LogP contribution in [0.15, 0.2) is 12.3 Å². The van der Waals surface area contributed by atoms with Gasteiger partial charge < -0.3 is 10.1 Å². The normalized spacial score (nSPS) is 13.1. The van der Waals surface area contributed by atoms with Gasteiger partial charge in [-0.15, -0.1) is 0 Å². The van der Waals surface area contributed by atoms with Crippen molar-refractivity contribution in [2.45, 2.75) is 26.4 Å². The van der Waals surface area contributed by atoms with Crippen molar-refractivity contribution in [2.75, 3.05) is 20.3 Å². The second kappa shape index (κ2) is 5.78. The molecule has 14 heavy (non-hydrogen) atoms. The van der Waals surface area contributed by atoms with Gasteiger partial charge in [0.2, 0.25) is 0 Å². The van der Waals surface area contributed by atoms with Crippen LogP contribution in [0.25, 0.3) is 0 Å². The zero-order valence-electron chi connectivity index (χ0n) is 9.16. The van der Waals surface area contributed by atoms with E-state index in [0.717, 1.165) is 25.4 Å². The molecule has 0 saturated heterocycles. The summed E-state index contributed by atoms with van der Waals surface area (Å²) in [7, 11) is 1.72. The van der Waals surface area contributed by atoms with E-state index in [4.69, 9.17) is 4.74 Å². The molecule has 1 N–H and O–H groups in total. The molecule has 1 aromatic rings. The first-order valence-corrected chi connectivity index (χ1v) is 4.94. The third-order valence-electron chi connectivity index (χ3n) is 2.02. The molecule has 1 unspecified atom stereocenters. The van der Waals surface area contributed by atoms with Gasteiger partial charge in [-0.1, -0.05) is 0 Å². The fraction of sp³-hybridized carbons (Fsp3) is 0.700. The van der Waals surface area contributed by atoms with Gasteiger partial charge in [-0.2, -0.15) is 5.10 Å². The highest BCUT2D eigenvalue weighted by molar-refractivity contribution is 4.94. The van der Waals surface area contributed by atoms with Gasteiger partial charge in [0.25, 0.3) is 0 Å². The van der Waals surface area contributed by atoms with Crippen molar-refractivity contribution >= 4 is 0 Å². The van der Waals surface area contributed by atoms with Gasteiger partial charge in [0.15, 0.2) is 0 Å². The monoisotopic (exact) mass is 197 g/mol. The molecular weight excluding hydrogens is 178 g/mol. The van der Waals surface area contributed by atoms with E-state index in [9.17, 15) is 0 Å². The summed E-state index contributed by atoms with van der Waals surface area (Å²) in [6, 6.07) is 2.41. The molecule has 4 nitrogen and oxygen atoms in total. The van der Waals surface area contributed by atoms with E-state index in [-0.39, 0.29) is 0 Å². The average Bonchev–Trinajstić information content (AvgIpc) is 2.52. The van der Waals surface area contributed by atoms with Crippen LogP contribution in [-0.2, 0) is 11.3 Å². The Morgan fingerprint density at radius 1 is 1.64 bits per heavy atom.